The number of rotatable bonds is 6. The lowest BCUT2D eigenvalue weighted by Gasteiger charge is -2.34. The number of aliphatic imine (C=N–C) groups is 1. The van der Waals surface area contributed by atoms with Gasteiger partial charge in [0.25, 0.3) is 11.8 Å². The van der Waals surface area contributed by atoms with Crippen LogP contribution in [0.4, 0.5) is 5.69 Å². The third kappa shape index (κ3) is 4.35. The summed E-state index contributed by atoms with van der Waals surface area (Å²) in [5.41, 5.74) is 3.46. The number of hydrogen-bond acceptors (Lipinski definition) is 6. The van der Waals surface area contributed by atoms with Crippen molar-refractivity contribution >= 4 is 33.2 Å². The maximum atomic E-state index is 13.2. The molecular weight excluding hydrogens is 380 g/mol. The van der Waals surface area contributed by atoms with Gasteiger partial charge in [0.1, 0.15) is 6.04 Å². The molecule has 2 heterocycles. The van der Waals surface area contributed by atoms with Gasteiger partial charge in [-0.05, 0) is 31.9 Å². The van der Waals surface area contributed by atoms with E-state index in [1.807, 2.05) is 13.0 Å². The van der Waals surface area contributed by atoms with Gasteiger partial charge in [0.2, 0.25) is 5.84 Å². The number of anilines is 1. The fourth-order valence-corrected chi connectivity index (χ4v) is 5.16. The van der Waals surface area contributed by atoms with Crippen LogP contribution in [-0.2, 0) is 19.4 Å². The van der Waals surface area contributed by atoms with E-state index < -0.39 is 15.9 Å². The van der Waals surface area contributed by atoms with Gasteiger partial charge in [-0.25, -0.2) is 18.4 Å². The third-order valence-electron chi connectivity index (χ3n) is 5.00. The predicted molar refractivity (Wildman–Crippen MR) is 108 cm³/mol. The molecule has 9 heteroatoms. The second-order valence-electron chi connectivity index (χ2n) is 7.18. The molecule has 1 fully saturated rings. The van der Waals surface area contributed by atoms with Crippen LogP contribution in [0.25, 0.3) is 0 Å². The van der Waals surface area contributed by atoms with Crippen molar-refractivity contribution in [3.05, 3.63) is 30.3 Å². The molecule has 0 radical (unpaired) electrons. The molecule has 0 aliphatic carbocycles. The van der Waals surface area contributed by atoms with Gasteiger partial charge < -0.3 is 4.90 Å². The summed E-state index contributed by atoms with van der Waals surface area (Å²) in [6.07, 6.45) is 2.09. The molecule has 152 valence electrons. The number of nitrogens with one attached hydrogen (secondary N) is 1. The monoisotopic (exact) mass is 406 g/mol. The van der Waals surface area contributed by atoms with Crippen LogP contribution in [0, 0.1) is 0 Å². The number of carbonyl (C=O) groups excluding carboxylic acids is 2. The summed E-state index contributed by atoms with van der Waals surface area (Å²) in [6.45, 7) is 4.12. The molecule has 2 aliphatic rings. The number of nitrogens with zero attached hydrogens (tertiary/aromatic N) is 3. The maximum absolute atomic E-state index is 13.2. The van der Waals surface area contributed by atoms with Crippen LogP contribution in [0.2, 0.25) is 0 Å². The van der Waals surface area contributed by atoms with E-state index in [-0.39, 0.29) is 35.2 Å². The van der Waals surface area contributed by atoms with Crippen LogP contribution in [0.15, 0.2) is 35.3 Å². The molecule has 0 bridgehead atoms. The number of benzene rings is 1. The number of carbonyl (C=O) groups is 2. The second-order valence-corrected chi connectivity index (χ2v) is 9.41. The Morgan fingerprint density at radius 3 is 2.64 bits per heavy atom. The van der Waals surface area contributed by atoms with Gasteiger partial charge in [-0.2, -0.15) is 0 Å². The molecule has 0 spiro atoms. The average Bonchev–Trinajstić information content (AvgIpc) is 3.04. The topological polar surface area (TPSA) is 99.2 Å². The van der Waals surface area contributed by atoms with E-state index in [1.54, 1.807) is 36.1 Å². The summed E-state index contributed by atoms with van der Waals surface area (Å²) in [5, 5.41) is 1.33. The van der Waals surface area contributed by atoms with Crippen molar-refractivity contribution in [1.82, 2.24) is 10.3 Å². The molecule has 2 atom stereocenters. The van der Waals surface area contributed by atoms with Crippen LogP contribution in [0.5, 0.6) is 0 Å². The molecule has 0 saturated carbocycles. The summed E-state index contributed by atoms with van der Waals surface area (Å²) in [5.74, 6) is -0.482. The Labute approximate surface area is 165 Å². The first-order chi connectivity index (χ1) is 13.3. The number of hydrazine groups is 1. The lowest BCUT2D eigenvalue weighted by molar-refractivity contribution is -0.126. The van der Waals surface area contributed by atoms with Gasteiger partial charge >= 0.3 is 0 Å². The Balaban J connectivity index is 1.85. The first-order valence-corrected chi connectivity index (χ1v) is 11.4. The van der Waals surface area contributed by atoms with E-state index in [2.05, 4.69) is 10.4 Å². The Kier molecular flexibility index (Phi) is 6.02. The molecule has 1 aromatic carbocycles. The van der Waals surface area contributed by atoms with Gasteiger partial charge in [0.05, 0.1) is 17.2 Å². The first kappa shape index (κ1) is 20.3. The van der Waals surface area contributed by atoms with Crippen LogP contribution >= 0.6 is 0 Å². The quantitative estimate of drug-likeness (QED) is 0.764. The van der Waals surface area contributed by atoms with Crippen molar-refractivity contribution < 1.29 is 18.0 Å². The normalized spacial score (nSPS) is 23.9. The summed E-state index contributed by atoms with van der Waals surface area (Å²) in [7, 11) is -3.12. The third-order valence-corrected chi connectivity index (χ3v) is 6.75. The smallest absolute Gasteiger partial charge is 0.290 e. The molecule has 2 aliphatic heterocycles. The lowest BCUT2D eigenvalue weighted by atomic mass is 10.2. The number of amidine groups is 1. The van der Waals surface area contributed by atoms with Crippen molar-refractivity contribution in [3.8, 4) is 0 Å². The highest BCUT2D eigenvalue weighted by Crippen LogP contribution is 2.21. The van der Waals surface area contributed by atoms with Crippen LogP contribution in [-0.4, -0.2) is 61.1 Å². The van der Waals surface area contributed by atoms with Crippen molar-refractivity contribution in [2.45, 2.75) is 45.2 Å². The minimum absolute atomic E-state index is 0.0212. The van der Waals surface area contributed by atoms with Crippen molar-refractivity contribution in [2.75, 3.05) is 23.1 Å². The number of hydrogen-bond donors (Lipinski definition) is 1. The summed E-state index contributed by atoms with van der Waals surface area (Å²) >= 11 is 0. The molecule has 1 N–H and O–H groups in total. The molecule has 3 rings (SSSR count). The Bertz CT molecular complexity index is 869. The predicted octanol–water partition coefficient (Wildman–Crippen LogP) is 1.14. The molecular formula is C19H26N4O4S. The Morgan fingerprint density at radius 1 is 1.32 bits per heavy atom. The minimum atomic E-state index is -3.12. The number of unbranched alkanes of at least 4 members (excludes halogenated alkanes) is 1. The summed E-state index contributed by atoms with van der Waals surface area (Å²) in [6, 6.07) is 7.92. The zero-order valence-electron chi connectivity index (χ0n) is 16.2. The van der Waals surface area contributed by atoms with Crippen molar-refractivity contribution in [3.63, 3.8) is 0 Å². The molecule has 1 saturated heterocycles. The summed E-state index contributed by atoms with van der Waals surface area (Å²) in [4.78, 5) is 31.6. The SMILES string of the molecule is CCCCN(C(=O)C1=NC(C)C(=O)N(c2ccccc2)N1)C1CCS(=O)(=O)C1. The highest BCUT2D eigenvalue weighted by Gasteiger charge is 2.38. The van der Waals surface area contributed by atoms with E-state index >= 15 is 0 Å². The molecule has 28 heavy (non-hydrogen) atoms. The second kappa shape index (κ2) is 8.30. The zero-order chi connectivity index (χ0) is 20.3. The van der Waals surface area contributed by atoms with Crippen molar-refractivity contribution in [1.29, 1.82) is 0 Å². The van der Waals surface area contributed by atoms with Gasteiger partial charge in [0, 0.05) is 12.6 Å². The molecule has 0 aromatic heterocycles. The fourth-order valence-electron chi connectivity index (χ4n) is 3.43. The minimum Gasteiger partial charge on any atom is -0.332 e. The van der Waals surface area contributed by atoms with Gasteiger partial charge in [-0.1, -0.05) is 31.5 Å². The first-order valence-electron chi connectivity index (χ1n) is 9.57. The summed E-state index contributed by atoms with van der Waals surface area (Å²) < 4.78 is 23.8. The molecule has 8 nitrogen and oxygen atoms in total. The van der Waals surface area contributed by atoms with Crippen LogP contribution < -0.4 is 10.4 Å². The Hall–Kier alpha value is -2.42. The Morgan fingerprint density at radius 2 is 2.04 bits per heavy atom. The highest BCUT2D eigenvalue weighted by atomic mass is 32.2. The zero-order valence-corrected chi connectivity index (χ0v) is 17.0. The largest absolute Gasteiger partial charge is 0.332 e. The number of para-hydroxylation sites is 1. The molecule has 1 aromatic rings. The van der Waals surface area contributed by atoms with E-state index in [4.69, 9.17) is 0 Å². The van der Waals surface area contributed by atoms with Crippen molar-refractivity contribution in [2.24, 2.45) is 4.99 Å². The van der Waals surface area contributed by atoms with Gasteiger partial charge in [-0.15, -0.1) is 0 Å². The van der Waals surface area contributed by atoms with Gasteiger partial charge in [0.15, 0.2) is 9.84 Å². The lowest BCUT2D eigenvalue weighted by Crippen LogP contribution is -2.59. The van der Waals surface area contributed by atoms with E-state index in [0.717, 1.165) is 12.8 Å². The van der Waals surface area contributed by atoms with E-state index in [0.29, 0.717) is 18.7 Å². The number of amides is 2. The standard InChI is InChI=1S/C19H26N4O4S/c1-3-4-11-22(16-10-12-28(26,27)13-16)19(25)17-20-14(2)18(24)23(21-17)15-8-6-5-7-9-15/h5-9,14,16H,3-4,10-13H2,1-2H3,(H,20,21). The van der Waals surface area contributed by atoms with E-state index in [1.165, 1.54) is 5.01 Å². The molecule has 2 unspecified atom stereocenters. The number of sulfone groups is 1. The van der Waals surface area contributed by atoms with E-state index in [9.17, 15) is 18.0 Å². The molecule has 2 amide bonds. The van der Waals surface area contributed by atoms with Crippen LogP contribution in [0.3, 0.4) is 0 Å². The maximum Gasteiger partial charge on any atom is 0.290 e. The average molecular weight is 407 g/mol. The highest BCUT2D eigenvalue weighted by molar-refractivity contribution is 7.91. The van der Waals surface area contributed by atoms with Gasteiger partial charge in [-0.3, -0.25) is 15.0 Å². The van der Waals surface area contributed by atoms with Crippen LogP contribution in [0.1, 0.15) is 33.1 Å². The fraction of sp³-hybridized carbons (Fsp3) is 0.526.